The van der Waals surface area contributed by atoms with Crippen LogP contribution in [-0.2, 0) is 6.42 Å². The minimum atomic E-state index is 0.270. The Morgan fingerprint density at radius 2 is 1.47 bits per heavy atom. The molecule has 0 nitrogen and oxygen atoms in total. The maximum Gasteiger partial charge on any atom is 0.0170 e. The summed E-state index contributed by atoms with van der Waals surface area (Å²) < 4.78 is 0. The van der Waals surface area contributed by atoms with Gasteiger partial charge in [-0.25, -0.2) is 0 Å². The zero-order valence-electron chi connectivity index (χ0n) is 11.2. The topological polar surface area (TPSA) is 0 Å². The van der Waals surface area contributed by atoms with E-state index in [0.717, 1.165) is 0 Å². The Kier molecular flexibility index (Phi) is 17.9. The molecular formula is C14H28Si. The fourth-order valence-corrected chi connectivity index (χ4v) is 1.79. The molecule has 0 spiro atoms. The quantitative estimate of drug-likeness (QED) is 0.671. The molecule has 0 fully saturated rings. The fraction of sp³-hybridized carbons (Fsp3) is 0.571. The molecule has 0 saturated carbocycles. The molecule has 0 saturated heterocycles. The van der Waals surface area contributed by atoms with Crippen molar-refractivity contribution in [1.29, 1.82) is 0 Å². The summed E-state index contributed by atoms with van der Waals surface area (Å²) in [6, 6.07) is 12.2. The van der Waals surface area contributed by atoms with Gasteiger partial charge < -0.3 is 0 Å². The summed E-state index contributed by atoms with van der Waals surface area (Å²) in [7, 11) is 0.270. The highest BCUT2D eigenvalue weighted by atomic mass is 28.2. The molecule has 1 aromatic carbocycles. The Morgan fingerprint density at radius 1 is 1.00 bits per heavy atom. The first-order valence-corrected chi connectivity index (χ1v) is 8.80. The van der Waals surface area contributed by atoms with Crippen LogP contribution in [0.4, 0.5) is 0 Å². The number of aryl methyl sites for hydroxylation is 1. The van der Waals surface area contributed by atoms with Crippen LogP contribution in [0.5, 0.6) is 0 Å². The van der Waals surface area contributed by atoms with E-state index in [0.29, 0.717) is 0 Å². The zero-order chi connectivity index (χ0) is 11.9. The number of rotatable bonds is 3. The molecule has 0 N–H and O–H groups in total. The minimum Gasteiger partial charge on any atom is -0.0748 e. The van der Waals surface area contributed by atoms with E-state index in [1.54, 1.807) is 0 Å². The van der Waals surface area contributed by atoms with Crippen LogP contribution in [0.1, 0.15) is 39.7 Å². The predicted molar refractivity (Wildman–Crippen MR) is 76.7 cm³/mol. The van der Waals surface area contributed by atoms with Crippen molar-refractivity contribution in [2.45, 2.75) is 53.1 Å². The van der Waals surface area contributed by atoms with Crippen LogP contribution in [0.25, 0.3) is 0 Å². The fourth-order valence-electron chi connectivity index (χ4n) is 1.03. The molecular weight excluding hydrogens is 196 g/mol. The van der Waals surface area contributed by atoms with Crippen LogP contribution < -0.4 is 0 Å². The van der Waals surface area contributed by atoms with Crippen LogP contribution in [0.15, 0.2) is 30.3 Å². The largest absolute Gasteiger partial charge is 0.0748 e. The van der Waals surface area contributed by atoms with Gasteiger partial charge >= 0.3 is 0 Å². The lowest BCUT2D eigenvalue weighted by atomic mass is 10.2. The standard InChI is InChI=1S/C9H14Si.C3H8.C2H6/c1-10-8-7-9-5-3-2-4-6-9;1-3-2;1-2/h2-6H,7-8,10H2,1H3;3H2,1-2H3;1-2H3. The maximum atomic E-state index is 2.36. The van der Waals surface area contributed by atoms with Gasteiger partial charge in [-0.15, -0.1) is 0 Å². The zero-order valence-corrected chi connectivity index (χ0v) is 12.6. The molecule has 0 aromatic heterocycles. The number of hydrogen-bond acceptors (Lipinski definition) is 0. The van der Waals surface area contributed by atoms with Crippen molar-refractivity contribution >= 4 is 9.52 Å². The second-order valence-electron chi connectivity index (χ2n) is 3.30. The summed E-state index contributed by atoms with van der Waals surface area (Å²) in [6.45, 7) is 10.6. The second-order valence-corrected chi connectivity index (χ2v) is 5.00. The van der Waals surface area contributed by atoms with Gasteiger partial charge in [0.25, 0.3) is 0 Å². The average molecular weight is 224 g/mol. The van der Waals surface area contributed by atoms with Crippen molar-refractivity contribution in [3.05, 3.63) is 35.9 Å². The summed E-state index contributed by atoms with van der Waals surface area (Å²) in [5.41, 5.74) is 1.50. The second kappa shape index (κ2) is 15.9. The first kappa shape index (κ1) is 16.9. The summed E-state index contributed by atoms with van der Waals surface area (Å²) in [5, 5.41) is 0. The van der Waals surface area contributed by atoms with Crippen LogP contribution in [0.3, 0.4) is 0 Å². The van der Waals surface area contributed by atoms with E-state index < -0.39 is 0 Å². The molecule has 1 heteroatoms. The molecule has 0 heterocycles. The van der Waals surface area contributed by atoms with Gasteiger partial charge in [0.05, 0.1) is 0 Å². The van der Waals surface area contributed by atoms with Gasteiger partial charge in [-0.1, -0.05) is 77.0 Å². The highest BCUT2D eigenvalue weighted by Gasteiger charge is 1.87. The molecule has 0 bridgehead atoms. The molecule has 15 heavy (non-hydrogen) atoms. The molecule has 0 amide bonds. The van der Waals surface area contributed by atoms with Crippen LogP contribution in [-0.4, -0.2) is 9.52 Å². The first-order valence-electron chi connectivity index (χ1n) is 6.39. The van der Waals surface area contributed by atoms with Crippen molar-refractivity contribution in [1.82, 2.24) is 0 Å². The Labute approximate surface area is 98.9 Å². The smallest absolute Gasteiger partial charge is 0.0170 e. The van der Waals surface area contributed by atoms with E-state index in [2.05, 4.69) is 50.7 Å². The average Bonchev–Trinajstić information content (AvgIpc) is 2.31. The summed E-state index contributed by atoms with van der Waals surface area (Å²) in [5.74, 6) is 0. The normalized spacial score (nSPS) is 8.87. The third-order valence-corrected chi connectivity index (χ3v) is 2.72. The highest BCUT2D eigenvalue weighted by molar-refractivity contribution is 6.33. The third-order valence-electron chi connectivity index (χ3n) is 1.66. The van der Waals surface area contributed by atoms with Gasteiger partial charge in [0.15, 0.2) is 0 Å². The molecule has 0 unspecified atom stereocenters. The molecule has 0 radical (unpaired) electrons. The van der Waals surface area contributed by atoms with E-state index >= 15 is 0 Å². The summed E-state index contributed by atoms with van der Waals surface area (Å²) in [6.07, 6.45) is 2.55. The molecule has 1 rings (SSSR count). The number of hydrogen-bond donors (Lipinski definition) is 0. The van der Waals surface area contributed by atoms with Gasteiger partial charge in [-0.05, 0) is 12.0 Å². The Hall–Kier alpha value is -0.563. The monoisotopic (exact) mass is 224 g/mol. The number of benzene rings is 1. The van der Waals surface area contributed by atoms with Crippen LogP contribution in [0.2, 0.25) is 12.6 Å². The lowest BCUT2D eigenvalue weighted by Gasteiger charge is -1.96. The van der Waals surface area contributed by atoms with Crippen molar-refractivity contribution in [3.8, 4) is 0 Å². The summed E-state index contributed by atoms with van der Waals surface area (Å²) in [4.78, 5) is 0. The molecule has 0 aliphatic rings. The Balaban J connectivity index is 0. The van der Waals surface area contributed by atoms with Crippen LogP contribution >= 0.6 is 0 Å². The lowest BCUT2D eigenvalue weighted by Crippen LogP contribution is -1.86. The van der Waals surface area contributed by atoms with Gasteiger partial charge in [-0.3, -0.25) is 0 Å². The molecule has 0 aliphatic heterocycles. The predicted octanol–water partition coefficient (Wildman–Crippen LogP) is 4.31. The van der Waals surface area contributed by atoms with E-state index in [1.165, 1.54) is 24.4 Å². The highest BCUT2D eigenvalue weighted by Crippen LogP contribution is 2.01. The molecule has 1 aromatic rings. The lowest BCUT2D eigenvalue weighted by molar-refractivity contribution is 1.09. The first-order chi connectivity index (χ1) is 7.35. The van der Waals surface area contributed by atoms with Gasteiger partial charge in [0.1, 0.15) is 0 Å². The SMILES string of the molecule is CC.CCC.C[SiH2]CCc1ccccc1. The molecule has 0 aliphatic carbocycles. The molecule has 88 valence electrons. The van der Waals surface area contributed by atoms with Crippen LogP contribution in [0, 0.1) is 0 Å². The molecule has 0 atom stereocenters. The van der Waals surface area contributed by atoms with Crippen molar-refractivity contribution in [3.63, 3.8) is 0 Å². The maximum absolute atomic E-state index is 2.36. The van der Waals surface area contributed by atoms with E-state index in [1.807, 2.05) is 13.8 Å². The van der Waals surface area contributed by atoms with Gasteiger partial charge in [0, 0.05) is 9.52 Å². The Bertz CT molecular complexity index is 182. The minimum absolute atomic E-state index is 0.270. The van der Waals surface area contributed by atoms with Crippen molar-refractivity contribution < 1.29 is 0 Å². The van der Waals surface area contributed by atoms with E-state index in [9.17, 15) is 0 Å². The van der Waals surface area contributed by atoms with Crippen molar-refractivity contribution in [2.24, 2.45) is 0 Å². The van der Waals surface area contributed by atoms with Crippen molar-refractivity contribution in [2.75, 3.05) is 0 Å². The van der Waals surface area contributed by atoms with Gasteiger partial charge in [0.2, 0.25) is 0 Å². The van der Waals surface area contributed by atoms with E-state index in [4.69, 9.17) is 0 Å². The summed E-state index contributed by atoms with van der Waals surface area (Å²) >= 11 is 0. The Morgan fingerprint density at radius 3 is 1.87 bits per heavy atom. The van der Waals surface area contributed by atoms with E-state index in [-0.39, 0.29) is 9.52 Å². The third kappa shape index (κ3) is 13.4. The van der Waals surface area contributed by atoms with Gasteiger partial charge in [-0.2, -0.15) is 0 Å².